The lowest BCUT2D eigenvalue weighted by Gasteiger charge is -2.12. The van der Waals surface area contributed by atoms with E-state index in [1.54, 1.807) is 6.92 Å². The molecular formula is C9H15N3O5S. The Morgan fingerprint density at radius 2 is 2.33 bits per heavy atom. The number of methoxy groups -OCH3 is 1. The molecule has 0 saturated carbocycles. The highest BCUT2D eigenvalue weighted by atomic mass is 32.2. The zero-order valence-electron chi connectivity index (χ0n) is 10.0. The number of ether oxygens (including phenoxy) is 1. The number of hydrogen-bond donors (Lipinski definition) is 3. The van der Waals surface area contributed by atoms with E-state index in [0.29, 0.717) is 13.0 Å². The summed E-state index contributed by atoms with van der Waals surface area (Å²) >= 11 is 0. The topological polar surface area (TPSA) is 121 Å². The third-order valence-corrected chi connectivity index (χ3v) is 3.78. The van der Waals surface area contributed by atoms with Crippen LogP contribution >= 0.6 is 0 Å². The van der Waals surface area contributed by atoms with Crippen LogP contribution in [0, 0.1) is 0 Å². The Morgan fingerprint density at radius 3 is 2.89 bits per heavy atom. The molecule has 8 nitrogen and oxygen atoms in total. The van der Waals surface area contributed by atoms with Crippen LogP contribution in [0.15, 0.2) is 11.2 Å². The third kappa shape index (κ3) is 3.52. The van der Waals surface area contributed by atoms with Gasteiger partial charge in [-0.3, -0.25) is 5.10 Å². The molecule has 0 amide bonds. The van der Waals surface area contributed by atoms with E-state index in [9.17, 15) is 13.2 Å². The van der Waals surface area contributed by atoms with Gasteiger partial charge in [-0.15, -0.1) is 0 Å². The van der Waals surface area contributed by atoms with E-state index in [4.69, 9.17) is 9.84 Å². The lowest BCUT2D eigenvalue weighted by molar-refractivity contribution is 0.0692. The summed E-state index contributed by atoms with van der Waals surface area (Å²) in [5, 5.41) is 14.0. The second kappa shape index (κ2) is 5.94. The van der Waals surface area contributed by atoms with Crippen LogP contribution in [0.25, 0.3) is 0 Å². The second-order valence-electron chi connectivity index (χ2n) is 3.72. The molecule has 0 saturated heterocycles. The average molecular weight is 277 g/mol. The van der Waals surface area contributed by atoms with Crippen molar-refractivity contribution in [2.75, 3.05) is 13.7 Å². The maximum absolute atomic E-state index is 11.9. The van der Waals surface area contributed by atoms with E-state index in [2.05, 4.69) is 14.9 Å². The van der Waals surface area contributed by atoms with Crippen LogP contribution in [-0.4, -0.2) is 49.4 Å². The van der Waals surface area contributed by atoms with Gasteiger partial charge in [0.1, 0.15) is 5.56 Å². The molecule has 0 aromatic carbocycles. The zero-order chi connectivity index (χ0) is 13.8. The molecule has 0 aliphatic heterocycles. The lowest BCUT2D eigenvalue weighted by Crippen LogP contribution is -2.34. The molecule has 0 aliphatic carbocycles. The molecule has 0 radical (unpaired) electrons. The highest BCUT2D eigenvalue weighted by Crippen LogP contribution is 2.12. The number of rotatable bonds is 7. The highest BCUT2D eigenvalue weighted by Gasteiger charge is 2.25. The van der Waals surface area contributed by atoms with Crippen molar-refractivity contribution < 1.29 is 23.1 Å². The van der Waals surface area contributed by atoms with Crippen LogP contribution in [0.3, 0.4) is 0 Å². The number of aromatic nitrogens is 2. The summed E-state index contributed by atoms with van der Waals surface area (Å²) in [4.78, 5) is 10.8. The van der Waals surface area contributed by atoms with Crippen molar-refractivity contribution in [2.45, 2.75) is 24.4 Å². The number of aromatic carboxylic acids is 1. The van der Waals surface area contributed by atoms with Crippen molar-refractivity contribution >= 4 is 16.0 Å². The van der Waals surface area contributed by atoms with E-state index >= 15 is 0 Å². The largest absolute Gasteiger partial charge is 0.478 e. The van der Waals surface area contributed by atoms with Gasteiger partial charge in [0.25, 0.3) is 10.0 Å². The van der Waals surface area contributed by atoms with Gasteiger partial charge in [0.05, 0.1) is 6.20 Å². The molecule has 0 spiro atoms. The van der Waals surface area contributed by atoms with E-state index < -0.39 is 21.0 Å². The van der Waals surface area contributed by atoms with Gasteiger partial charge in [0.2, 0.25) is 0 Å². The Morgan fingerprint density at radius 1 is 1.67 bits per heavy atom. The molecule has 1 heterocycles. The minimum atomic E-state index is -3.93. The predicted molar refractivity (Wildman–Crippen MR) is 61.8 cm³/mol. The van der Waals surface area contributed by atoms with Gasteiger partial charge in [-0.2, -0.15) is 5.10 Å². The van der Waals surface area contributed by atoms with Gasteiger partial charge < -0.3 is 9.84 Å². The van der Waals surface area contributed by atoms with Gasteiger partial charge >= 0.3 is 5.97 Å². The van der Waals surface area contributed by atoms with Gasteiger partial charge in [-0.1, -0.05) is 0 Å². The Kier molecular flexibility index (Phi) is 4.82. The van der Waals surface area contributed by atoms with Crippen LogP contribution in [0.5, 0.6) is 0 Å². The second-order valence-corrected chi connectivity index (χ2v) is 5.37. The Labute approximate surface area is 104 Å². The molecule has 1 unspecified atom stereocenters. The summed E-state index contributed by atoms with van der Waals surface area (Å²) in [6, 6.07) is -0.375. The summed E-state index contributed by atoms with van der Waals surface area (Å²) < 4.78 is 31.0. The molecule has 18 heavy (non-hydrogen) atoms. The number of hydrogen-bond acceptors (Lipinski definition) is 5. The van der Waals surface area contributed by atoms with Crippen LogP contribution in [0.4, 0.5) is 0 Å². The standard InChI is InChI=1S/C9H15N3O5S/c1-6(3-4-17-2)12-18(15,16)8-7(9(13)14)5-10-11-8/h5-6,12H,3-4H2,1-2H3,(H,10,11)(H,13,14). The Bertz CT molecular complexity index is 510. The van der Waals surface area contributed by atoms with Crippen LogP contribution in [-0.2, 0) is 14.8 Å². The van der Waals surface area contributed by atoms with Crippen LogP contribution < -0.4 is 4.72 Å². The van der Waals surface area contributed by atoms with Gasteiger partial charge in [0, 0.05) is 19.8 Å². The van der Waals surface area contributed by atoms with Gasteiger partial charge in [0.15, 0.2) is 5.03 Å². The number of nitrogens with zero attached hydrogens (tertiary/aromatic N) is 1. The summed E-state index contributed by atoms with van der Waals surface area (Å²) in [6.45, 7) is 2.06. The average Bonchev–Trinajstić information content (AvgIpc) is 2.75. The van der Waals surface area contributed by atoms with Crippen molar-refractivity contribution in [3.8, 4) is 0 Å². The summed E-state index contributed by atoms with van der Waals surface area (Å²) in [7, 11) is -2.41. The number of carboxylic acid groups (broad SMARTS) is 1. The number of carboxylic acids is 1. The van der Waals surface area contributed by atoms with Gasteiger partial charge in [-0.05, 0) is 13.3 Å². The first-order valence-corrected chi connectivity index (χ1v) is 6.64. The first kappa shape index (κ1) is 14.6. The predicted octanol–water partition coefficient (Wildman–Crippen LogP) is -0.189. The minimum absolute atomic E-state index is 0.375. The summed E-state index contributed by atoms with van der Waals surface area (Å²) in [5.41, 5.74) is -0.388. The number of sulfonamides is 1. The molecular weight excluding hydrogens is 262 g/mol. The Balaban J connectivity index is 2.86. The molecule has 1 atom stereocenters. The zero-order valence-corrected chi connectivity index (χ0v) is 10.8. The van der Waals surface area contributed by atoms with Crippen molar-refractivity contribution in [3.63, 3.8) is 0 Å². The molecule has 0 bridgehead atoms. The van der Waals surface area contributed by atoms with E-state index in [1.807, 2.05) is 0 Å². The molecule has 1 aromatic heterocycles. The van der Waals surface area contributed by atoms with E-state index in [-0.39, 0.29) is 11.6 Å². The molecule has 1 aromatic rings. The molecule has 0 fully saturated rings. The fraction of sp³-hybridized carbons (Fsp3) is 0.556. The first-order valence-electron chi connectivity index (χ1n) is 5.16. The van der Waals surface area contributed by atoms with Crippen molar-refractivity contribution in [3.05, 3.63) is 11.8 Å². The molecule has 102 valence electrons. The normalized spacial score (nSPS) is 13.4. The quantitative estimate of drug-likeness (QED) is 0.635. The van der Waals surface area contributed by atoms with Crippen molar-refractivity contribution in [1.29, 1.82) is 0 Å². The maximum Gasteiger partial charge on any atom is 0.340 e. The lowest BCUT2D eigenvalue weighted by atomic mass is 10.3. The van der Waals surface area contributed by atoms with E-state index in [0.717, 1.165) is 6.20 Å². The summed E-state index contributed by atoms with van der Waals surface area (Å²) in [5.74, 6) is -1.35. The highest BCUT2D eigenvalue weighted by molar-refractivity contribution is 7.89. The Hall–Kier alpha value is -1.45. The SMILES string of the molecule is COCCC(C)NS(=O)(=O)c1[nH]ncc1C(=O)O. The van der Waals surface area contributed by atoms with Crippen LogP contribution in [0.2, 0.25) is 0 Å². The van der Waals surface area contributed by atoms with Gasteiger partial charge in [-0.25, -0.2) is 17.9 Å². The van der Waals surface area contributed by atoms with Crippen LogP contribution in [0.1, 0.15) is 23.7 Å². The fourth-order valence-corrected chi connectivity index (χ4v) is 2.68. The molecule has 1 rings (SSSR count). The number of carbonyl (C=O) groups is 1. The molecule has 9 heteroatoms. The monoisotopic (exact) mass is 277 g/mol. The number of nitrogens with one attached hydrogen (secondary N) is 2. The summed E-state index contributed by atoms with van der Waals surface area (Å²) in [6.07, 6.45) is 1.43. The number of aromatic amines is 1. The third-order valence-electron chi connectivity index (χ3n) is 2.21. The van der Waals surface area contributed by atoms with Crippen molar-refractivity contribution in [1.82, 2.24) is 14.9 Å². The molecule has 0 aliphatic rings. The number of H-pyrrole nitrogens is 1. The van der Waals surface area contributed by atoms with Crippen molar-refractivity contribution in [2.24, 2.45) is 0 Å². The maximum atomic E-state index is 11.9. The molecule has 3 N–H and O–H groups in total. The minimum Gasteiger partial charge on any atom is -0.478 e. The fourth-order valence-electron chi connectivity index (χ4n) is 1.31. The smallest absolute Gasteiger partial charge is 0.340 e. The first-order chi connectivity index (χ1) is 8.38. The van der Waals surface area contributed by atoms with E-state index in [1.165, 1.54) is 7.11 Å².